The van der Waals surface area contributed by atoms with Gasteiger partial charge in [0.05, 0.1) is 36.2 Å². The molecule has 0 saturated carbocycles. The van der Waals surface area contributed by atoms with Crippen molar-refractivity contribution < 1.29 is 18.0 Å². The van der Waals surface area contributed by atoms with Gasteiger partial charge in [-0.3, -0.25) is 14.6 Å². The Balaban J connectivity index is 0.00000151. The number of amides is 1. The quantitative estimate of drug-likeness (QED) is 0.225. The predicted octanol–water partition coefficient (Wildman–Crippen LogP) is 5.74. The molecule has 254 valence electrons. The van der Waals surface area contributed by atoms with E-state index >= 15 is 0 Å². The lowest BCUT2D eigenvalue weighted by Crippen LogP contribution is -2.42. The van der Waals surface area contributed by atoms with Crippen molar-refractivity contribution in [1.29, 1.82) is 10.5 Å². The molecule has 4 heterocycles. The lowest BCUT2D eigenvalue weighted by Gasteiger charge is -2.27. The third-order valence-electron chi connectivity index (χ3n) is 8.07. The predicted molar refractivity (Wildman–Crippen MR) is 179 cm³/mol. The second kappa shape index (κ2) is 15.3. The number of alkyl halides is 3. The summed E-state index contributed by atoms with van der Waals surface area (Å²) < 4.78 is 45.0. The second-order valence-corrected chi connectivity index (χ2v) is 11.9. The Kier molecular flexibility index (Phi) is 10.9. The van der Waals surface area contributed by atoms with Crippen molar-refractivity contribution in [2.24, 2.45) is 7.05 Å². The molecule has 0 aliphatic carbocycles. The molecule has 14 heteroatoms. The molecule has 2 aliphatic heterocycles. The number of carbonyl (C=O) groups excluding carboxylic acids is 1. The number of benzene rings is 2. The molecule has 6 rings (SSSR count). The molecular formula is C35H37F3N10O. The van der Waals surface area contributed by atoms with Crippen LogP contribution >= 0.6 is 0 Å². The van der Waals surface area contributed by atoms with Crippen molar-refractivity contribution >= 4 is 17.5 Å². The number of hydrogen-bond donors (Lipinski definition) is 2. The van der Waals surface area contributed by atoms with Gasteiger partial charge < -0.3 is 15.2 Å². The van der Waals surface area contributed by atoms with Crippen molar-refractivity contribution in [2.45, 2.75) is 46.0 Å². The van der Waals surface area contributed by atoms with Gasteiger partial charge >= 0.3 is 6.18 Å². The van der Waals surface area contributed by atoms with Crippen LogP contribution in [0.25, 0.3) is 22.5 Å². The highest BCUT2D eigenvalue weighted by molar-refractivity contribution is 6.10. The Morgan fingerprint density at radius 3 is 2.43 bits per heavy atom. The molecule has 1 fully saturated rings. The summed E-state index contributed by atoms with van der Waals surface area (Å²) in [6, 6.07) is 15.3. The van der Waals surface area contributed by atoms with Gasteiger partial charge in [0.15, 0.2) is 5.82 Å². The number of nitriles is 2. The maximum absolute atomic E-state index is 14.4. The average molecular weight is 671 g/mol. The number of nitrogens with zero attached hydrogens (tertiary/aromatic N) is 8. The lowest BCUT2D eigenvalue weighted by molar-refractivity contribution is -0.138. The summed E-state index contributed by atoms with van der Waals surface area (Å²) in [5, 5.41) is 33.2. The van der Waals surface area contributed by atoms with E-state index in [0.29, 0.717) is 59.1 Å². The summed E-state index contributed by atoms with van der Waals surface area (Å²) in [6.07, 6.45) is -1.70. The van der Waals surface area contributed by atoms with Gasteiger partial charge in [0, 0.05) is 57.4 Å². The standard InChI is InChI=1S/C32H29F3N10O.C3H8/c1-43-19-40-42-30(43)23-4-3-20(16-37)11-24(23)22-14-28(39-6-2-5-36)41-29(15-22)45-18-26-25(31(45)46)12-21(13-27(26)32(33,34)35)17-44-9-7-38-8-10-44;1-3-2/h3-4,11-15,19,38H,2,6-10,17-18H2,1H3,(H,39,41);3H2,1-2H3. The zero-order valence-corrected chi connectivity index (χ0v) is 27.6. The number of piperazine rings is 1. The maximum atomic E-state index is 14.4. The van der Waals surface area contributed by atoms with Crippen LogP contribution in [0.1, 0.15) is 59.3 Å². The molecule has 2 aromatic heterocycles. The number of fused-ring (bicyclic) bond motifs is 1. The molecule has 0 unspecified atom stereocenters. The van der Waals surface area contributed by atoms with Crippen molar-refractivity contribution in [3.8, 4) is 34.7 Å². The van der Waals surface area contributed by atoms with Gasteiger partial charge in [0.2, 0.25) is 0 Å². The summed E-state index contributed by atoms with van der Waals surface area (Å²) in [5.74, 6) is 0.373. The van der Waals surface area contributed by atoms with E-state index in [1.165, 1.54) is 11.3 Å². The third-order valence-corrected chi connectivity index (χ3v) is 8.07. The minimum Gasteiger partial charge on any atom is -0.369 e. The molecular weight excluding hydrogens is 633 g/mol. The van der Waals surface area contributed by atoms with E-state index < -0.39 is 17.6 Å². The van der Waals surface area contributed by atoms with Gasteiger partial charge in [-0.05, 0) is 64.7 Å². The first-order chi connectivity index (χ1) is 23.6. The molecule has 1 amide bonds. The topological polar surface area (TPSA) is 139 Å². The molecule has 0 bridgehead atoms. The van der Waals surface area contributed by atoms with E-state index in [-0.39, 0.29) is 36.5 Å². The summed E-state index contributed by atoms with van der Waals surface area (Å²) in [4.78, 5) is 21.8. The second-order valence-electron chi connectivity index (χ2n) is 11.9. The van der Waals surface area contributed by atoms with Crippen LogP contribution in [0.5, 0.6) is 0 Å². The molecule has 2 aliphatic rings. The zero-order chi connectivity index (χ0) is 35.1. The number of nitrogens with one attached hydrogen (secondary N) is 2. The van der Waals surface area contributed by atoms with Gasteiger partial charge in [-0.2, -0.15) is 23.7 Å². The molecule has 4 aromatic rings. The fourth-order valence-corrected chi connectivity index (χ4v) is 5.85. The van der Waals surface area contributed by atoms with Crippen molar-refractivity contribution in [3.05, 3.63) is 76.6 Å². The SMILES string of the molecule is CCC.Cn1cnnc1-c1ccc(C#N)cc1-c1cc(NCCC#N)nc(N2Cc3c(cc(CN4CCNCC4)cc3C(F)(F)F)C2=O)c1. The van der Waals surface area contributed by atoms with Crippen LogP contribution in [0.15, 0.2) is 48.8 Å². The van der Waals surface area contributed by atoms with Gasteiger partial charge in [-0.25, -0.2) is 4.98 Å². The van der Waals surface area contributed by atoms with Crippen LogP contribution in [0.3, 0.4) is 0 Å². The Morgan fingerprint density at radius 2 is 1.78 bits per heavy atom. The van der Waals surface area contributed by atoms with Crippen LogP contribution in [0.2, 0.25) is 0 Å². The highest BCUT2D eigenvalue weighted by atomic mass is 19.4. The Hall–Kier alpha value is -5.31. The summed E-state index contributed by atoms with van der Waals surface area (Å²) in [6.45, 7) is 7.35. The van der Waals surface area contributed by atoms with Gasteiger partial charge in [-0.1, -0.05) is 20.3 Å². The number of hydrogen-bond acceptors (Lipinski definition) is 9. The van der Waals surface area contributed by atoms with Gasteiger partial charge in [-0.15, -0.1) is 10.2 Å². The number of anilines is 2. The Labute approximate surface area is 283 Å². The van der Waals surface area contributed by atoms with Crippen LogP contribution in [-0.4, -0.2) is 63.3 Å². The summed E-state index contributed by atoms with van der Waals surface area (Å²) in [7, 11) is 1.78. The van der Waals surface area contributed by atoms with Crippen LogP contribution in [0, 0.1) is 22.7 Å². The maximum Gasteiger partial charge on any atom is 0.416 e. The molecule has 11 nitrogen and oxygen atoms in total. The van der Waals surface area contributed by atoms with Crippen molar-refractivity contribution in [3.63, 3.8) is 0 Å². The first-order valence-corrected chi connectivity index (χ1v) is 16.1. The number of aryl methyl sites for hydroxylation is 1. The van der Waals surface area contributed by atoms with Gasteiger partial charge in [0.25, 0.3) is 5.91 Å². The van der Waals surface area contributed by atoms with Crippen LogP contribution in [-0.2, 0) is 26.3 Å². The highest BCUT2D eigenvalue weighted by Crippen LogP contribution is 2.41. The number of rotatable bonds is 8. The lowest BCUT2D eigenvalue weighted by atomic mass is 9.97. The van der Waals surface area contributed by atoms with Crippen LogP contribution in [0.4, 0.5) is 24.8 Å². The Morgan fingerprint density at radius 1 is 1.02 bits per heavy atom. The smallest absolute Gasteiger partial charge is 0.369 e. The number of halogens is 3. The minimum atomic E-state index is -4.66. The number of aromatic nitrogens is 4. The number of pyridine rings is 1. The van der Waals surface area contributed by atoms with Crippen molar-refractivity contribution in [1.82, 2.24) is 30.0 Å². The minimum absolute atomic E-state index is 0.00240. The summed E-state index contributed by atoms with van der Waals surface area (Å²) >= 11 is 0. The molecule has 0 radical (unpaired) electrons. The largest absolute Gasteiger partial charge is 0.416 e. The van der Waals surface area contributed by atoms with Crippen LogP contribution < -0.4 is 15.5 Å². The zero-order valence-electron chi connectivity index (χ0n) is 27.6. The van der Waals surface area contributed by atoms with E-state index in [4.69, 9.17) is 5.26 Å². The van der Waals surface area contributed by atoms with E-state index in [2.05, 4.69) is 56.7 Å². The average Bonchev–Trinajstić information content (AvgIpc) is 3.67. The number of carbonyl (C=O) groups is 1. The van der Waals surface area contributed by atoms with Crippen molar-refractivity contribution in [2.75, 3.05) is 42.9 Å². The van der Waals surface area contributed by atoms with E-state index in [1.807, 2.05) is 0 Å². The van der Waals surface area contributed by atoms with E-state index in [1.54, 1.807) is 54.3 Å². The first kappa shape index (κ1) is 35.0. The molecule has 2 aromatic carbocycles. The van der Waals surface area contributed by atoms with E-state index in [0.717, 1.165) is 19.2 Å². The van der Waals surface area contributed by atoms with E-state index in [9.17, 15) is 23.2 Å². The molecule has 2 N–H and O–H groups in total. The third kappa shape index (κ3) is 7.88. The summed E-state index contributed by atoms with van der Waals surface area (Å²) in [5.41, 5.74) is 1.63. The Bertz CT molecular complexity index is 1900. The molecule has 1 saturated heterocycles. The first-order valence-electron chi connectivity index (χ1n) is 16.1. The molecule has 0 atom stereocenters. The fourth-order valence-electron chi connectivity index (χ4n) is 5.85. The molecule has 49 heavy (non-hydrogen) atoms. The fraction of sp³-hybridized carbons (Fsp3) is 0.371. The van der Waals surface area contributed by atoms with Gasteiger partial charge in [0.1, 0.15) is 18.0 Å². The highest BCUT2D eigenvalue weighted by Gasteiger charge is 2.41. The molecule has 0 spiro atoms. The monoisotopic (exact) mass is 670 g/mol. The normalized spacial score (nSPS) is 14.4.